The predicted molar refractivity (Wildman–Crippen MR) is 70.3 cm³/mol. The van der Waals surface area contributed by atoms with Crippen LogP contribution in [0.4, 0.5) is 0 Å². The molecule has 1 unspecified atom stereocenters. The minimum Gasteiger partial charge on any atom is -0.370 e. The first-order valence-corrected chi connectivity index (χ1v) is 6.02. The van der Waals surface area contributed by atoms with Crippen molar-refractivity contribution in [1.82, 2.24) is 9.13 Å². The molecule has 0 saturated heterocycles. The van der Waals surface area contributed by atoms with Crippen LogP contribution in [-0.4, -0.2) is 20.8 Å². The van der Waals surface area contributed by atoms with E-state index in [4.69, 9.17) is 4.84 Å². The normalized spacial score (nSPS) is 18.4. The zero-order valence-electron chi connectivity index (χ0n) is 10.7. The first-order valence-electron chi connectivity index (χ1n) is 6.02. The fraction of sp³-hybridized carbons (Fsp3) is 0.308. The Labute approximate surface area is 108 Å². The number of hydrogen-bond acceptors (Lipinski definition) is 4. The van der Waals surface area contributed by atoms with Crippen molar-refractivity contribution in [3.05, 3.63) is 34.7 Å². The molecule has 0 radical (unpaired) electrons. The van der Waals surface area contributed by atoms with Crippen LogP contribution in [0.15, 0.2) is 34.2 Å². The van der Waals surface area contributed by atoms with Gasteiger partial charge in [-0.25, -0.2) is 9.36 Å². The van der Waals surface area contributed by atoms with Gasteiger partial charge in [-0.15, -0.1) is 0 Å². The average molecular weight is 259 g/mol. The van der Waals surface area contributed by atoms with E-state index in [1.54, 1.807) is 18.2 Å². The highest BCUT2D eigenvalue weighted by atomic mass is 16.7. The van der Waals surface area contributed by atoms with E-state index in [-0.39, 0.29) is 11.6 Å². The molecule has 0 aliphatic carbocycles. The average Bonchev–Trinajstić information content (AvgIpc) is 2.89. The smallest absolute Gasteiger partial charge is 0.339 e. The number of rotatable bonds is 1. The van der Waals surface area contributed by atoms with Crippen molar-refractivity contribution in [3.8, 4) is 0 Å². The monoisotopic (exact) mass is 259 g/mol. The number of oxime groups is 1. The van der Waals surface area contributed by atoms with Crippen LogP contribution >= 0.6 is 0 Å². The van der Waals surface area contributed by atoms with Gasteiger partial charge < -0.3 is 4.84 Å². The molecule has 1 aliphatic heterocycles. The quantitative estimate of drug-likeness (QED) is 0.783. The van der Waals surface area contributed by atoms with E-state index in [0.29, 0.717) is 17.5 Å². The molecule has 0 fully saturated rings. The number of para-hydroxylation sites is 2. The summed E-state index contributed by atoms with van der Waals surface area (Å²) in [6.07, 6.45) is 0.0734. The molecule has 0 amide bonds. The molecule has 3 rings (SSSR count). The van der Waals surface area contributed by atoms with Gasteiger partial charge in [-0.3, -0.25) is 9.36 Å². The third-order valence-corrected chi connectivity index (χ3v) is 3.18. The molecule has 0 N–H and O–H groups in total. The second-order valence-electron chi connectivity index (χ2n) is 4.59. The summed E-state index contributed by atoms with van der Waals surface area (Å²) in [7, 11) is 0. The third kappa shape index (κ3) is 1.68. The zero-order chi connectivity index (χ0) is 13.6. The van der Waals surface area contributed by atoms with Crippen molar-refractivity contribution in [2.75, 3.05) is 0 Å². The summed E-state index contributed by atoms with van der Waals surface area (Å²) in [6.45, 7) is 3.21. The Morgan fingerprint density at radius 3 is 2.63 bits per heavy atom. The maximum atomic E-state index is 12.4. The summed E-state index contributed by atoms with van der Waals surface area (Å²) in [5.74, 6) is -0.310. The molecule has 6 heteroatoms. The van der Waals surface area contributed by atoms with Gasteiger partial charge in [0.1, 0.15) is 0 Å². The lowest BCUT2D eigenvalue weighted by Gasteiger charge is -2.09. The van der Waals surface area contributed by atoms with Crippen LogP contribution in [0.3, 0.4) is 0 Å². The molecule has 2 heterocycles. The molecular formula is C13H13N3O3. The summed E-state index contributed by atoms with van der Waals surface area (Å²) in [5.41, 5.74) is 1.71. The Balaban J connectivity index is 2.28. The highest BCUT2D eigenvalue weighted by Gasteiger charge is 2.26. The lowest BCUT2D eigenvalue weighted by molar-refractivity contribution is 0.0324. The Hall–Kier alpha value is -2.37. The molecule has 0 saturated carbocycles. The van der Waals surface area contributed by atoms with Gasteiger partial charge in [-0.2, -0.15) is 0 Å². The predicted octanol–water partition coefficient (Wildman–Crippen LogP) is 1.76. The van der Waals surface area contributed by atoms with Gasteiger partial charge in [-0.05, 0) is 19.1 Å². The standard InChI is InChI=1S/C13H13N3O3/c1-8-7-12(19-14-8)16-11-6-4-3-5-10(11)15(9(2)17)13(16)18/h3-6,12H,7H2,1-2H3. The first kappa shape index (κ1) is 11.7. The van der Waals surface area contributed by atoms with Crippen LogP contribution in [0.5, 0.6) is 0 Å². The SMILES string of the molecule is CC(=O)n1c(=O)n(C2CC(C)=NO2)c2ccccc21. The Kier molecular flexibility index (Phi) is 2.51. The lowest BCUT2D eigenvalue weighted by atomic mass is 10.2. The summed E-state index contributed by atoms with van der Waals surface area (Å²) in [5, 5.41) is 3.86. The van der Waals surface area contributed by atoms with Gasteiger partial charge in [-0.1, -0.05) is 17.3 Å². The van der Waals surface area contributed by atoms with Gasteiger partial charge in [0.05, 0.1) is 16.7 Å². The number of imidazole rings is 1. The Bertz CT molecular complexity index is 754. The Morgan fingerprint density at radius 2 is 2.05 bits per heavy atom. The number of carbonyl (C=O) groups is 1. The van der Waals surface area contributed by atoms with E-state index in [1.165, 1.54) is 11.5 Å². The van der Waals surface area contributed by atoms with Crippen molar-refractivity contribution in [3.63, 3.8) is 0 Å². The summed E-state index contributed by atoms with van der Waals surface area (Å²) >= 11 is 0. The number of aromatic nitrogens is 2. The fourth-order valence-corrected chi connectivity index (χ4v) is 2.37. The second kappa shape index (κ2) is 4.08. The molecule has 98 valence electrons. The summed E-state index contributed by atoms with van der Waals surface area (Å²) < 4.78 is 2.64. The van der Waals surface area contributed by atoms with Crippen molar-refractivity contribution in [1.29, 1.82) is 0 Å². The van der Waals surface area contributed by atoms with E-state index in [9.17, 15) is 9.59 Å². The number of fused-ring (bicyclic) bond motifs is 1. The van der Waals surface area contributed by atoms with Crippen molar-refractivity contribution < 1.29 is 9.63 Å². The lowest BCUT2D eigenvalue weighted by Crippen LogP contribution is -2.30. The molecule has 1 aromatic carbocycles. The van der Waals surface area contributed by atoms with E-state index in [0.717, 1.165) is 10.3 Å². The molecule has 0 spiro atoms. The van der Waals surface area contributed by atoms with E-state index >= 15 is 0 Å². The molecule has 0 bridgehead atoms. The molecule has 1 atom stereocenters. The van der Waals surface area contributed by atoms with Gasteiger partial charge in [0.25, 0.3) is 0 Å². The molecule has 1 aromatic heterocycles. The molecule has 6 nitrogen and oxygen atoms in total. The molecule has 19 heavy (non-hydrogen) atoms. The van der Waals surface area contributed by atoms with Gasteiger partial charge >= 0.3 is 5.69 Å². The number of nitrogens with zero attached hydrogens (tertiary/aromatic N) is 3. The van der Waals surface area contributed by atoms with E-state index in [1.807, 2.05) is 13.0 Å². The molecule has 2 aromatic rings. The van der Waals surface area contributed by atoms with E-state index in [2.05, 4.69) is 5.16 Å². The molecule has 1 aliphatic rings. The van der Waals surface area contributed by atoms with Crippen molar-refractivity contribution in [2.45, 2.75) is 26.5 Å². The topological polar surface area (TPSA) is 65.6 Å². The van der Waals surface area contributed by atoms with Gasteiger partial charge in [0, 0.05) is 13.3 Å². The number of benzene rings is 1. The summed E-state index contributed by atoms with van der Waals surface area (Å²) in [6, 6.07) is 7.17. The van der Waals surface area contributed by atoms with Crippen LogP contribution in [0.2, 0.25) is 0 Å². The maximum Gasteiger partial charge on any atom is 0.339 e. The highest BCUT2D eigenvalue weighted by molar-refractivity contribution is 5.89. The van der Waals surface area contributed by atoms with Crippen LogP contribution in [-0.2, 0) is 4.84 Å². The minimum absolute atomic E-state index is 0.310. The van der Waals surface area contributed by atoms with Crippen molar-refractivity contribution >= 4 is 22.7 Å². The van der Waals surface area contributed by atoms with Crippen LogP contribution in [0.1, 0.15) is 31.3 Å². The largest absolute Gasteiger partial charge is 0.370 e. The van der Waals surface area contributed by atoms with Crippen molar-refractivity contribution in [2.24, 2.45) is 5.16 Å². The van der Waals surface area contributed by atoms with Gasteiger partial charge in [0.15, 0.2) is 0 Å². The third-order valence-electron chi connectivity index (χ3n) is 3.18. The number of hydrogen-bond donors (Lipinski definition) is 0. The summed E-state index contributed by atoms with van der Waals surface area (Å²) in [4.78, 5) is 29.3. The minimum atomic E-state index is -0.474. The second-order valence-corrected chi connectivity index (χ2v) is 4.59. The van der Waals surface area contributed by atoms with Gasteiger partial charge in [0.2, 0.25) is 12.1 Å². The van der Waals surface area contributed by atoms with E-state index < -0.39 is 6.23 Å². The van der Waals surface area contributed by atoms with Crippen LogP contribution in [0.25, 0.3) is 11.0 Å². The van der Waals surface area contributed by atoms with Crippen LogP contribution in [0, 0.1) is 0 Å². The first-order chi connectivity index (χ1) is 9.09. The number of carbonyl (C=O) groups excluding carboxylic acids is 1. The maximum absolute atomic E-state index is 12.4. The highest BCUT2D eigenvalue weighted by Crippen LogP contribution is 2.24. The molecular weight excluding hydrogens is 246 g/mol. The van der Waals surface area contributed by atoms with Crippen LogP contribution < -0.4 is 5.69 Å². The zero-order valence-corrected chi connectivity index (χ0v) is 10.7. The Morgan fingerprint density at radius 1 is 1.37 bits per heavy atom. The fourth-order valence-electron chi connectivity index (χ4n) is 2.37.